The predicted octanol–water partition coefficient (Wildman–Crippen LogP) is 1.41. The number of nitro groups is 1. The van der Waals surface area contributed by atoms with Crippen molar-refractivity contribution in [1.82, 2.24) is 14.5 Å². The molecule has 2 aromatic rings. The van der Waals surface area contributed by atoms with Gasteiger partial charge in [0, 0.05) is 0 Å². The van der Waals surface area contributed by atoms with Gasteiger partial charge in [0.2, 0.25) is 12.2 Å². The first-order chi connectivity index (χ1) is 6.70. The highest BCUT2D eigenvalue weighted by Crippen LogP contribution is 2.33. The SMILES string of the molecule is Cc1nsc(-c2ncon2)c1[N+](=O)[O-]. The first kappa shape index (κ1) is 8.75. The standard InChI is InChI=1S/C6H4N4O3S/c1-3-4(10(11)12)5(14-9-3)6-7-2-13-8-6/h2H,1H3. The minimum Gasteiger partial charge on any atom is -0.342 e. The summed E-state index contributed by atoms with van der Waals surface area (Å²) in [6, 6.07) is 0. The first-order valence-electron chi connectivity index (χ1n) is 3.57. The second kappa shape index (κ2) is 3.14. The monoisotopic (exact) mass is 212 g/mol. The van der Waals surface area contributed by atoms with E-state index in [1.165, 1.54) is 0 Å². The summed E-state index contributed by atoms with van der Waals surface area (Å²) in [4.78, 5) is 14.2. The van der Waals surface area contributed by atoms with Gasteiger partial charge in [-0.3, -0.25) is 10.1 Å². The van der Waals surface area contributed by atoms with E-state index in [-0.39, 0.29) is 11.5 Å². The topological polar surface area (TPSA) is 95.0 Å². The zero-order chi connectivity index (χ0) is 10.1. The maximum absolute atomic E-state index is 10.7. The maximum atomic E-state index is 10.7. The summed E-state index contributed by atoms with van der Waals surface area (Å²) < 4.78 is 8.38. The molecule has 0 bridgehead atoms. The molecule has 0 aromatic carbocycles. The van der Waals surface area contributed by atoms with Crippen LogP contribution in [0.3, 0.4) is 0 Å². The minimum absolute atomic E-state index is 0.0589. The van der Waals surface area contributed by atoms with Gasteiger partial charge in [0.25, 0.3) is 0 Å². The Bertz CT molecular complexity index is 463. The van der Waals surface area contributed by atoms with Crippen LogP contribution < -0.4 is 0 Å². The number of nitrogens with zero attached hydrogens (tertiary/aromatic N) is 4. The van der Waals surface area contributed by atoms with Crippen LogP contribution in [0.2, 0.25) is 0 Å². The van der Waals surface area contributed by atoms with Crippen molar-refractivity contribution in [3.05, 3.63) is 22.2 Å². The van der Waals surface area contributed by atoms with E-state index < -0.39 is 4.92 Å². The van der Waals surface area contributed by atoms with Crippen LogP contribution in [0.25, 0.3) is 10.7 Å². The molecule has 0 atom stereocenters. The van der Waals surface area contributed by atoms with Crippen LogP contribution in [0.5, 0.6) is 0 Å². The van der Waals surface area contributed by atoms with Gasteiger partial charge in [0.05, 0.1) is 4.92 Å². The van der Waals surface area contributed by atoms with Crippen LogP contribution in [0.4, 0.5) is 5.69 Å². The van der Waals surface area contributed by atoms with Crippen molar-refractivity contribution in [2.75, 3.05) is 0 Å². The number of aromatic nitrogens is 3. The predicted molar refractivity (Wildman–Crippen MR) is 46.8 cm³/mol. The third kappa shape index (κ3) is 1.25. The fraction of sp³-hybridized carbons (Fsp3) is 0.167. The van der Waals surface area contributed by atoms with Crippen molar-refractivity contribution in [3.8, 4) is 10.7 Å². The van der Waals surface area contributed by atoms with E-state index >= 15 is 0 Å². The molecule has 0 N–H and O–H groups in total. The zero-order valence-corrected chi connectivity index (χ0v) is 7.82. The molecule has 0 spiro atoms. The van der Waals surface area contributed by atoms with E-state index in [1.54, 1.807) is 6.92 Å². The van der Waals surface area contributed by atoms with Gasteiger partial charge in [-0.15, -0.1) is 0 Å². The lowest BCUT2D eigenvalue weighted by Crippen LogP contribution is -1.91. The van der Waals surface area contributed by atoms with Crippen molar-refractivity contribution >= 4 is 17.2 Å². The minimum atomic E-state index is -0.496. The highest BCUT2D eigenvalue weighted by molar-refractivity contribution is 7.10. The Morgan fingerprint density at radius 2 is 2.43 bits per heavy atom. The fourth-order valence-electron chi connectivity index (χ4n) is 0.997. The van der Waals surface area contributed by atoms with Crippen molar-refractivity contribution in [1.29, 1.82) is 0 Å². The van der Waals surface area contributed by atoms with Gasteiger partial charge < -0.3 is 4.52 Å². The summed E-state index contributed by atoms with van der Waals surface area (Å²) in [6.07, 6.45) is 1.12. The van der Waals surface area contributed by atoms with Crippen LogP contribution in [-0.4, -0.2) is 19.4 Å². The molecule has 0 amide bonds. The van der Waals surface area contributed by atoms with Crippen LogP contribution >= 0.6 is 11.5 Å². The molecule has 0 aliphatic carbocycles. The molecule has 2 heterocycles. The summed E-state index contributed by atoms with van der Waals surface area (Å²) in [5.41, 5.74) is 0.302. The summed E-state index contributed by atoms with van der Waals surface area (Å²) in [7, 11) is 0. The summed E-state index contributed by atoms with van der Waals surface area (Å²) in [5.74, 6) is 0.197. The normalized spacial score (nSPS) is 10.4. The molecule has 0 unspecified atom stereocenters. The van der Waals surface area contributed by atoms with Gasteiger partial charge in [0.1, 0.15) is 5.69 Å². The molecule has 14 heavy (non-hydrogen) atoms. The Kier molecular flexibility index (Phi) is 1.97. The van der Waals surface area contributed by atoms with E-state index in [0.717, 1.165) is 17.9 Å². The summed E-state index contributed by atoms with van der Waals surface area (Å²) in [6.45, 7) is 1.57. The molecule has 7 nitrogen and oxygen atoms in total. The third-order valence-electron chi connectivity index (χ3n) is 1.58. The maximum Gasteiger partial charge on any atom is 0.314 e. The average molecular weight is 212 g/mol. The Hall–Kier alpha value is -1.83. The van der Waals surface area contributed by atoms with E-state index in [4.69, 9.17) is 0 Å². The second-order valence-electron chi connectivity index (χ2n) is 2.46. The van der Waals surface area contributed by atoms with Crippen molar-refractivity contribution in [3.63, 3.8) is 0 Å². The lowest BCUT2D eigenvalue weighted by Gasteiger charge is -1.88. The highest BCUT2D eigenvalue weighted by atomic mass is 32.1. The molecular formula is C6H4N4O3S. The van der Waals surface area contributed by atoms with E-state index in [2.05, 4.69) is 19.0 Å². The number of rotatable bonds is 2. The molecule has 8 heteroatoms. The molecule has 0 fully saturated rings. The smallest absolute Gasteiger partial charge is 0.314 e. The van der Waals surface area contributed by atoms with Crippen LogP contribution in [-0.2, 0) is 0 Å². The van der Waals surface area contributed by atoms with Gasteiger partial charge in [-0.05, 0) is 18.5 Å². The molecular weight excluding hydrogens is 208 g/mol. The van der Waals surface area contributed by atoms with Gasteiger partial charge in [-0.25, -0.2) is 0 Å². The Morgan fingerprint density at radius 1 is 1.64 bits per heavy atom. The van der Waals surface area contributed by atoms with E-state index in [1.807, 2.05) is 0 Å². The Balaban J connectivity index is 2.60. The number of aryl methyl sites for hydroxylation is 1. The van der Waals surface area contributed by atoms with Crippen LogP contribution in [0, 0.1) is 17.0 Å². The number of hydrogen-bond donors (Lipinski definition) is 0. The van der Waals surface area contributed by atoms with Gasteiger partial charge >= 0.3 is 5.69 Å². The second-order valence-corrected chi connectivity index (χ2v) is 3.23. The van der Waals surface area contributed by atoms with Crippen molar-refractivity contribution in [2.24, 2.45) is 0 Å². The molecule has 0 aliphatic rings. The average Bonchev–Trinajstić information content (AvgIpc) is 2.70. The lowest BCUT2D eigenvalue weighted by molar-refractivity contribution is -0.384. The zero-order valence-electron chi connectivity index (χ0n) is 7.00. The van der Waals surface area contributed by atoms with Crippen LogP contribution in [0.15, 0.2) is 10.9 Å². The molecule has 0 radical (unpaired) electrons. The third-order valence-corrected chi connectivity index (χ3v) is 2.50. The molecule has 0 aliphatic heterocycles. The molecule has 72 valence electrons. The Morgan fingerprint density at radius 3 is 3.00 bits per heavy atom. The molecule has 2 aromatic heterocycles. The van der Waals surface area contributed by atoms with Gasteiger partial charge in [-0.2, -0.15) is 9.36 Å². The van der Waals surface area contributed by atoms with Crippen LogP contribution in [0.1, 0.15) is 5.69 Å². The number of hydrogen-bond acceptors (Lipinski definition) is 7. The quantitative estimate of drug-likeness (QED) is 0.551. The lowest BCUT2D eigenvalue weighted by atomic mass is 10.3. The van der Waals surface area contributed by atoms with E-state index in [0.29, 0.717) is 10.6 Å². The van der Waals surface area contributed by atoms with Crippen molar-refractivity contribution in [2.45, 2.75) is 6.92 Å². The molecule has 0 saturated carbocycles. The largest absolute Gasteiger partial charge is 0.342 e. The fourth-order valence-corrected chi connectivity index (χ4v) is 1.79. The van der Waals surface area contributed by atoms with Crippen molar-refractivity contribution < 1.29 is 9.45 Å². The summed E-state index contributed by atoms with van der Waals surface area (Å²) >= 11 is 0.986. The van der Waals surface area contributed by atoms with E-state index in [9.17, 15) is 10.1 Å². The van der Waals surface area contributed by atoms with Gasteiger partial charge in [-0.1, -0.05) is 5.16 Å². The molecule has 2 rings (SSSR count). The summed E-state index contributed by atoms with van der Waals surface area (Å²) in [5, 5.41) is 14.2. The highest BCUT2D eigenvalue weighted by Gasteiger charge is 2.25. The molecule has 0 saturated heterocycles. The van der Waals surface area contributed by atoms with Gasteiger partial charge in [0.15, 0.2) is 4.88 Å². The first-order valence-corrected chi connectivity index (χ1v) is 4.35. The Labute approximate surface area is 81.7 Å².